The van der Waals surface area contributed by atoms with Crippen molar-refractivity contribution in [2.75, 3.05) is 33.4 Å². The number of ether oxygens (including phenoxy) is 1. The molecule has 2 aliphatic heterocycles. The molecule has 0 spiro atoms. The Morgan fingerprint density at radius 1 is 1.50 bits per heavy atom. The zero-order valence-electron chi connectivity index (χ0n) is 10.1. The summed E-state index contributed by atoms with van der Waals surface area (Å²) < 4.78 is 5.31. The maximum absolute atomic E-state index is 11.9. The lowest BCUT2D eigenvalue weighted by Crippen LogP contribution is -2.38. The second kappa shape index (κ2) is 5.64. The summed E-state index contributed by atoms with van der Waals surface area (Å²) in [5, 5.41) is 3.29. The average molecular weight is 226 g/mol. The van der Waals surface area contributed by atoms with Crippen molar-refractivity contribution in [1.29, 1.82) is 0 Å². The van der Waals surface area contributed by atoms with Crippen LogP contribution in [-0.4, -0.2) is 50.2 Å². The first-order chi connectivity index (χ1) is 7.77. The zero-order valence-corrected chi connectivity index (χ0v) is 10.1. The molecule has 2 saturated heterocycles. The van der Waals surface area contributed by atoms with Gasteiger partial charge < -0.3 is 15.0 Å². The van der Waals surface area contributed by atoms with Crippen molar-refractivity contribution in [1.82, 2.24) is 10.2 Å². The predicted octanol–water partition coefficient (Wildman–Crippen LogP) is 0.623. The van der Waals surface area contributed by atoms with Gasteiger partial charge >= 0.3 is 0 Å². The maximum atomic E-state index is 11.9. The van der Waals surface area contributed by atoms with Crippen LogP contribution in [0.2, 0.25) is 0 Å². The number of carbonyl (C=O) groups excluding carboxylic acids is 1. The molecule has 0 radical (unpaired) electrons. The summed E-state index contributed by atoms with van der Waals surface area (Å²) >= 11 is 0. The number of hydrogen-bond acceptors (Lipinski definition) is 3. The molecule has 0 aliphatic carbocycles. The molecule has 0 aromatic heterocycles. The molecule has 1 N–H and O–H groups in total. The fourth-order valence-corrected chi connectivity index (χ4v) is 2.49. The van der Waals surface area contributed by atoms with E-state index in [1.807, 2.05) is 11.9 Å². The molecule has 2 fully saturated rings. The van der Waals surface area contributed by atoms with E-state index in [0.29, 0.717) is 24.3 Å². The van der Waals surface area contributed by atoms with Crippen molar-refractivity contribution in [3.8, 4) is 0 Å². The molecule has 2 atom stereocenters. The SMILES string of the molecule is CN(C(=O)CCC1CCOC1)C1CCNC1. The molecule has 2 unspecified atom stereocenters. The summed E-state index contributed by atoms with van der Waals surface area (Å²) in [6, 6.07) is 0.410. The zero-order chi connectivity index (χ0) is 11.4. The van der Waals surface area contributed by atoms with Gasteiger partial charge in [-0.05, 0) is 31.7 Å². The molecule has 0 aromatic rings. The second-order valence-corrected chi connectivity index (χ2v) is 4.92. The average Bonchev–Trinajstić information content (AvgIpc) is 2.96. The Morgan fingerprint density at radius 3 is 3.00 bits per heavy atom. The Balaban J connectivity index is 1.69. The van der Waals surface area contributed by atoms with Gasteiger partial charge in [0.05, 0.1) is 0 Å². The first kappa shape index (κ1) is 11.9. The van der Waals surface area contributed by atoms with Crippen LogP contribution in [0.5, 0.6) is 0 Å². The number of likely N-dealkylation sites (N-methyl/N-ethyl adjacent to an activating group) is 1. The third-order valence-corrected chi connectivity index (χ3v) is 3.77. The Bertz CT molecular complexity index is 233. The number of hydrogen-bond donors (Lipinski definition) is 1. The molecular formula is C12H22N2O2. The van der Waals surface area contributed by atoms with E-state index in [1.54, 1.807) is 0 Å². The van der Waals surface area contributed by atoms with Gasteiger partial charge in [-0.25, -0.2) is 0 Å². The first-order valence-corrected chi connectivity index (χ1v) is 6.31. The van der Waals surface area contributed by atoms with Crippen molar-refractivity contribution in [2.24, 2.45) is 5.92 Å². The van der Waals surface area contributed by atoms with Gasteiger partial charge in [-0.2, -0.15) is 0 Å². The van der Waals surface area contributed by atoms with Crippen LogP contribution < -0.4 is 5.32 Å². The minimum Gasteiger partial charge on any atom is -0.381 e. The standard InChI is InChI=1S/C12H22N2O2/c1-14(11-4-6-13-8-11)12(15)3-2-10-5-7-16-9-10/h10-11,13H,2-9H2,1H3. The van der Waals surface area contributed by atoms with E-state index in [2.05, 4.69) is 5.32 Å². The van der Waals surface area contributed by atoms with Crippen LogP contribution in [0, 0.1) is 5.92 Å². The summed E-state index contributed by atoms with van der Waals surface area (Å²) in [6.45, 7) is 3.72. The normalized spacial score (nSPS) is 29.6. The lowest BCUT2D eigenvalue weighted by molar-refractivity contribution is -0.131. The van der Waals surface area contributed by atoms with Gasteiger partial charge in [0.15, 0.2) is 0 Å². The van der Waals surface area contributed by atoms with Crippen molar-refractivity contribution >= 4 is 5.91 Å². The van der Waals surface area contributed by atoms with Gasteiger partial charge in [-0.1, -0.05) is 0 Å². The predicted molar refractivity (Wildman–Crippen MR) is 62.2 cm³/mol. The fourth-order valence-electron chi connectivity index (χ4n) is 2.49. The summed E-state index contributed by atoms with van der Waals surface area (Å²) in [7, 11) is 1.94. The smallest absolute Gasteiger partial charge is 0.222 e. The third-order valence-electron chi connectivity index (χ3n) is 3.77. The number of nitrogens with one attached hydrogen (secondary N) is 1. The van der Waals surface area contributed by atoms with Crippen LogP contribution in [0.1, 0.15) is 25.7 Å². The molecule has 4 nitrogen and oxygen atoms in total. The van der Waals surface area contributed by atoms with Crippen LogP contribution in [0.3, 0.4) is 0 Å². The van der Waals surface area contributed by atoms with E-state index in [1.165, 1.54) is 0 Å². The van der Waals surface area contributed by atoms with E-state index in [4.69, 9.17) is 4.74 Å². The van der Waals surface area contributed by atoms with Gasteiger partial charge in [0.1, 0.15) is 0 Å². The Kier molecular flexibility index (Phi) is 4.18. The number of nitrogens with zero attached hydrogens (tertiary/aromatic N) is 1. The highest BCUT2D eigenvalue weighted by Gasteiger charge is 2.24. The van der Waals surface area contributed by atoms with E-state index < -0.39 is 0 Å². The van der Waals surface area contributed by atoms with Crippen LogP contribution in [0.25, 0.3) is 0 Å². The summed E-state index contributed by atoms with van der Waals surface area (Å²) in [4.78, 5) is 13.9. The number of rotatable bonds is 4. The molecule has 2 heterocycles. The van der Waals surface area contributed by atoms with Crippen LogP contribution >= 0.6 is 0 Å². The summed E-state index contributed by atoms with van der Waals surface area (Å²) in [5.41, 5.74) is 0. The van der Waals surface area contributed by atoms with Crippen molar-refractivity contribution in [2.45, 2.75) is 31.7 Å². The molecule has 1 amide bonds. The Hall–Kier alpha value is -0.610. The highest BCUT2D eigenvalue weighted by Crippen LogP contribution is 2.19. The molecular weight excluding hydrogens is 204 g/mol. The molecule has 0 aromatic carbocycles. The number of amides is 1. The molecule has 0 saturated carbocycles. The summed E-state index contributed by atoms with van der Waals surface area (Å²) in [5.74, 6) is 0.902. The largest absolute Gasteiger partial charge is 0.381 e. The molecule has 2 aliphatic rings. The highest BCUT2D eigenvalue weighted by molar-refractivity contribution is 5.76. The quantitative estimate of drug-likeness (QED) is 0.764. The second-order valence-electron chi connectivity index (χ2n) is 4.92. The maximum Gasteiger partial charge on any atom is 0.222 e. The van der Waals surface area contributed by atoms with Gasteiger partial charge in [0.25, 0.3) is 0 Å². The van der Waals surface area contributed by atoms with Crippen molar-refractivity contribution in [3.63, 3.8) is 0 Å². The molecule has 0 bridgehead atoms. The van der Waals surface area contributed by atoms with Crippen LogP contribution in [-0.2, 0) is 9.53 Å². The topological polar surface area (TPSA) is 41.6 Å². The van der Waals surface area contributed by atoms with Gasteiger partial charge in [-0.3, -0.25) is 4.79 Å². The van der Waals surface area contributed by atoms with Crippen molar-refractivity contribution in [3.05, 3.63) is 0 Å². The van der Waals surface area contributed by atoms with Gasteiger partial charge in [0, 0.05) is 39.3 Å². The molecule has 4 heteroatoms. The highest BCUT2D eigenvalue weighted by atomic mass is 16.5. The number of carbonyl (C=O) groups is 1. The van der Waals surface area contributed by atoms with Crippen LogP contribution in [0.15, 0.2) is 0 Å². The van der Waals surface area contributed by atoms with Gasteiger partial charge in [0.2, 0.25) is 5.91 Å². The lowest BCUT2D eigenvalue weighted by Gasteiger charge is -2.24. The fraction of sp³-hybridized carbons (Fsp3) is 0.917. The lowest BCUT2D eigenvalue weighted by atomic mass is 10.0. The van der Waals surface area contributed by atoms with E-state index in [0.717, 1.165) is 45.6 Å². The minimum atomic E-state index is 0.292. The Morgan fingerprint density at radius 2 is 2.38 bits per heavy atom. The minimum absolute atomic E-state index is 0.292. The summed E-state index contributed by atoms with van der Waals surface area (Å²) in [6.07, 6.45) is 3.89. The molecule has 92 valence electrons. The van der Waals surface area contributed by atoms with Crippen molar-refractivity contribution < 1.29 is 9.53 Å². The first-order valence-electron chi connectivity index (χ1n) is 6.31. The Labute approximate surface area is 97.3 Å². The van der Waals surface area contributed by atoms with Gasteiger partial charge in [-0.15, -0.1) is 0 Å². The third kappa shape index (κ3) is 2.95. The van der Waals surface area contributed by atoms with E-state index in [-0.39, 0.29) is 0 Å². The monoisotopic (exact) mass is 226 g/mol. The van der Waals surface area contributed by atoms with E-state index in [9.17, 15) is 4.79 Å². The molecule has 16 heavy (non-hydrogen) atoms. The molecule has 2 rings (SSSR count). The van der Waals surface area contributed by atoms with Crippen LogP contribution in [0.4, 0.5) is 0 Å². The van der Waals surface area contributed by atoms with E-state index >= 15 is 0 Å².